The molecule has 0 saturated carbocycles. The van der Waals surface area contributed by atoms with E-state index in [9.17, 15) is 8.42 Å². The van der Waals surface area contributed by atoms with Crippen molar-refractivity contribution in [3.05, 3.63) is 12.5 Å². The highest BCUT2D eigenvalue weighted by Gasteiger charge is 2.31. The first-order valence-electron chi connectivity index (χ1n) is 5.12. The van der Waals surface area contributed by atoms with E-state index < -0.39 is 10.0 Å². The highest BCUT2D eigenvalue weighted by molar-refractivity contribution is 7.89. The number of nitrogens with one attached hydrogen (secondary N) is 1. The van der Waals surface area contributed by atoms with Crippen LogP contribution in [0.1, 0.15) is 26.2 Å². The van der Waals surface area contributed by atoms with Crippen LogP contribution in [0.2, 0.25) is 0 Å². The maximum Gasteiger partial charge on any atom is 0.260 e. The van der Waals surface area contributed by atoms with Crippen LogP contribution in [-0.4, -0.2) is 35.3 Å². The van der Waals surface area contributed by atoms with Crippen molar-refractivity contribution in [2.45, 2.75) is 37.3 Å². The zero-order valence-corrected chi connectivity index (χ0v) is 9.50. The Bertz CT molecular complexity index is 413. The molecule has 0 spiro atoms. The topological polar surface area (TPSA) is 66.1 Å². The fourth-order valence-electron chi connectivity index (χ4n) is 1.94. The van der Waals surface area contributed by atoms with E-state index in [0.29, 0.717) is 6.54 Å². The SMILES string of the molecule is CC1CCCCN1S(=O)(=O)c1cnc[nH]1. The molecular weight excluding hydrogens is 214 g/mol. The molecule has 15 heavy (non-hydrogen) atoms. The zero-order chi connectivity index (χ0) is 10.9. The summed E-state index contributed by atoms with van der Waals surface area (Å²) >= 11 is 0. The third-order valence-corrected chi connectivity index (χ3v) is 4.74. The molecule has 1 aliphatic rings. The second-order valence-electron chi connectivity index (χ2n) is 3.88. The average Bonchev–Trinajstić information content (AvgIpc) is 2.71. The van der Waals surface area contributed by atoms with Gasteiger partial charge in [-0.2, -0.15) is 4.31 Å². The van der Waals surface area contributed by atoms with Crippen molar-refractivity contribution in [2.24, 2.45) is 0 Å². The van der Waals surface area contributed by atoms with Gasteiger partial charge in [0, 0.05) is 12.6 Å². The second kappa shape index (κ2) is 3.94. The largest absolute Gasteiger partial charge is 0.335 e. The van der Waals surface area contributed by atoms with Gasteiger partial charge in [0.2, 0.25) is 0 Å². The molecule has 0 amide bonds. The lowest BCUT2D eigenvalue weighted by Crippen LogP contribution is -2.42. The van der Waals surface area contributed by atoms with Crippen LogP contribution in [0.25, 0.3) is 0 Å². The molecule has 6 heteroatoms. The Hall–Kier alpha value is -0.880. The fraction of sp³-hybridized carbons (Fsp3) is 0.667. The van der Waals surface area contributed by atoms with E-state index in [1.807, 2.05) is 6.92 Å². The van der Waals surface area contributed by atoms with Gasteiger partial charge in [0.15, 0.2) is 5.03 Å². The number of hydrogen-bond acceptors (Lipinski definition) is 3. The van der Waals surface area contributed by atoms with Crippen molar-refractivity contribution >= 4 is 10.0 Å². The molecule has 1 aromatic rings. The minimum absolute atomic E-state index is 0.0899. The predicted octanol–water partition coefficient (Wildman–Crippen LogP) is 0.973. The van der Waals surface area contributed by atoms with Crippen LogP contribution in [-0.2, 0) is 10.0 Å². The van der Waals surface area contributed by atoms with Gasteiger partial charge in [-0.25, -0.2) is 13.4 Å². The molecule has 2 rings (SSSR count). The predicted molar refractivity (Wildman–Crippen MR) is 55.8 cm³/mol. The molecule has 1 atom stereocenters. The summed E-state index contributed by atoms with van der Waals surface area (Å²) in [5, 5.41) is 0.191. The van der Waals surface area contributed by atoms with Gasteiger partial charge in [-0.15, -0.1) is 0 Å². The Labute approximate surface area is 89.6 Å². The van der Waals surface area contributed by atoms with Gasteiger partial charge < -0.3 is 4.98 Å². The molecule has 1 unspecified atom stereocenters. The molecule has 1 aromatic heterocycles. The van der Waals surface area contributed by atoms with Crippen LogP contribution in [0.5, 0.6) is 0 Å². The van der Waals surface area contributed by atoms with E-state index in [-0.39, 0.29) is 11.1 Å². The van der Waals surface area contributed by atoms with Crippen LogP contribution in [0.4, 0.5) is 0 Å². The smallest absolute Gasteiger partial charge is 0.260 e. The lowest BCUT2D eigenvalue weighted by atomic mass is 10.1. The molecule has 5 nitrogen and oxygen atoms in total. The summed E-state index contributed by atoms with van der Waals surface area (Å²) in [6.07, 6.45) is 5.74. The number of aromatic amines is 1. The Morgan fingerprint density at radius 3 is 2.93 bits per heavy atom. The number of piperidine rings is 1. The normalized spacial score (nSPS) is 24.2. The molecule has 0 radical (unpaired) electrons. The average molecular weight is 229 g/mol. The van der Waals surface area contributed by atoms with Crippen molar-refractivity contribution in [2.75, 3.05) is 6.54 Å². The number of imidazole rings is 1. The number of sulfonamides is 1. The first-order chi connectivity index (χ1) is 7.12. The summed E-state index contributed by atoms with van der Waals surface area (Å²) in [5.41, 5.74) is 0. The van der Waals surface area contributed by atoms with Crippen LogP contribution in [0.3, 0.4) is 0 Å². The minimum atomic E-state index is -3.35. The lowest BCUT2D eigenvalue weighted by Gasteiger charge is -2.31. The van der Waals surface area contributed by atoms with Gasteiger partial charge in [-0.1, -0.05) is 6.42 Å². The van der Waals surface area contributed by atoms with E-state index in [1.165, 1.54) is 12.5 Å². The summed E-state index contributed by atoms with van der Waals surface area (Å²) in [6.45, 7) is 2.57. The van der Waals surface area contributed by atoms with Crippen molar-refractivity contribution < 1.29 is 8.42 Å². The molecule has 0 bridgehead atoms. The Morgan fingerprint density at radius 1 is 1.53 bits per heavy atom. The number of aromatic nitrogens is 2. The third kappa shape index (κ3) is 1.91. The number of nitrogens with zero attached hydrogens (tertiary/aromatic N) is 2. The van der Waals surface area contributed by atoms with Gasteiger partial charge in [-0.3, -0.25) is 0 Å². The zero-order valence-electron chi connectivity index (χ0n) is 8.68. The summed E-state index contributed by atoms with van der Waals surface area (Å²) in [4.78, 5) is 6.40. The Morgan fingerprint density at radius 2 is 2.33 bits per heavy atom. The van der Waals surface area contributed by atoms with Crippen molar-refractivity contribution in [1.82, 2.24) is 14.3 Å². The molecular formula is C9H15N3O2S. The van der Waals surface area contributed by atoms with Gasteiger partial charge >= 0.3 is 0 Å². The molecule has 1 fully saturated rings. The van der Waals surface area contributed by atoms with E-state index in [0.717, 1.165) is 19.3 Å². The highest BCUT2D eigenvalue weighted by Crippen LogP contribution is 2.23. The minimum Gasteiger partial charge on any atom is -0.335 e. The quantitative estimate of drug-likeness (QED) is 0.821. The van der Waals surface area contributed by atoms with Gasteiger partial charge in [0.25, 0.3) is 10.0 Å². The third-order valence-electron chi connectivity index (χ3n) is 2.80. The molecule has 84 valence electrons. The first-order valence-corrected chi connectivity index (χ1v) is 6.56. The van der Waals surface area contributed by atoms with Crippen LogP contribution in [0, 0.1) is 0 Å². The standard InChI is InChI=1S/C9H15N3O2S/c1-8-4-2-3-5-12(8)15(13,14)9-6-10-7-11-9/h6-8H,2-5H2,1H3,(H,10,11). The summed E-state index contributed by atoms with van der Waals surface area (Å²) < 4.78 is 25.8. The lowest BCUT2D eigenvalue weighted by molar-refractivity contribution is 0.268. The van der Waals surface area contributed by atoms with E-state index in [2.05, 4.69) is 9.97 Å². The molecule has 1 saturated heterocycles. The molecule has 0 aliphatic carbocycles. The summed E-state index contributed by atoms with van der Waals surface area (Å²) in [7, 11) is -3.35. The maximum atomic E-state index is 12.1. The van der Waals surface area contributed by atoms with Gasteiger partial charge in [0.05, 0.1) is 12.5 Å². The van der Waals surface area contributed by atoms with E-state index in [4.69, 9.17) is 0 Å². The van der Waals surface area contributed by atoms with Crippen molar-refractivity contribution in [1.29, 1.82) is 0 Å². The Balaban J connectivity index is 2.29. The van der Waals surface area contributed by atoms with Crippen molar-refractivity contribution in [3.8, 4) is 0 Å². The monoisotopic (exact) mass is 229 g/mol. The van der Waals surface area contributed by atoms with Crippen LogP contribution < -0.4 is 0 Å². The number of H-pyrrole nitrogens is 1. The van der Waals surface area contributed by atoms with Gasteiger partial charge in [0.1, 0.15) is 0 Å². The molecule has 1 N–H and O–H groups in total. The maximum absolute atomic E-state index is 12.1. The second-order valence-corrected chi connectivity index (χ2v) is 5.74. The summed E-state index contributed by atoms with van der Waals surface area (Å²) in [5.74, 6) is 0. The first kappa shape index (κ1) is 10.6. The fourth-order valence-corrected chi connectivity index (χ4v) is 3.54. The molecule has 0 aromatic carbocycles. The number of hydrogen-bond donors (Lipinski definition) is 1. The number of rotatable bonds is 2. The molecule has 1 aliphatic heterocycles. The van der Waals surface area contributed by atoms with Crippen molar-refractivity contribution in [3.63, 3.8) is 0 Å². The van der Waals surface area contributed by atoms with Crippen LogP contribution in [0.15, 0.2) is 17.6 Å². The Kier molecular flexibility index (Phi) is 2.79. The van der Waals surface area contributed by atoms with Gasteiger partial charge in [-0.05, 0) is 19.8 Å². The van der Waals surface area contributed by atoms with E-state index >= 15 is 0 Å². The molecule has 2 heterocycles. The summed E-state index contributed by atoms with van der Waals surface area (Å²) in [6, 6.07) is 0.0899. The van der Waals surface area contributed by atoms with Crippen LogP contribution >= 0.6 is 0 Å². The highest BCUT2D eigenvalue weighted by atomic mass is 32.2. The van der Waals surface area contributed by atoms with E-state index in [1.54, 1.807) is 4.31 Å².